The average molecular weight is 243 g/mol. The highest BCUT2D eigenvalue weighted by atomic mass is 35.5. The molecule has 1 aromatic carbocycles. The van der Waals surface area contributed by atoms with Crippen LogP contribution < -0.4 is 4.74 Å². The van der Waals surface area contributed by atoms with Gasteiger partial charge in [-0.25, -0.2) is 0 Å². The van der Waals surface area contributed by atoms with Crippen molar-refractivity contribution in [2.24, 2.45) is 0 Å². The third-order valence-corrected chi connectivity index (χ3v) is 3.32. The fraction of sp³-hybridized carbons (Fsp3) is 0.500. The number of ether oxygens (including phenoxy) is 2. The molecule has 0 amide bonds. The average Bonchev–Trinajstić information content (AvgIpc) is 2.23. The van der Waals surface area contributed by atoms with E-state index >= 15 is 0 Å². The van der Waals surface area contributed by atoms with E-state index in [1.54, 1.807) is 13.2 Å². The molecule has 1 fully saturated rings. The summed E-state index contributed by atoms with van der Waals surface area (Å²) in [5.41, 5.74) is 0.896. The first kappa shape index (κ1) is 11.7. The molecule has 1 aliphatic heterocycles. The molecule has 2 rings (SSSR count). The maximum absolute atomic E-state index is 9.13. The van der Waals surface area contributed by atoms with E-state index in [9.17, 15) is 0 Å². The lowest BCUT2D eigenvalue weighted by Gasteiger charge is -2.42. The zero-order chi connectivity index (χ0) is 11.6. The van der Waals surface area contributed by atoms with Gasteiger partial charge in [-0.15, -0.1) is 0 Å². The maximum Gasteiger partial charge on any atom is 0.122 e. The van der Waals surface area contributed by atoms with Gasteiger partial charge in [0, 0.05) is 22.6 Å². The molecule has 4 heteroatoms. The Hall–Kier alpha value is -0.770. The first-order valence-corrected chi connectivity index (χ1v) is 5.62. The number of methoxy groups -OCH3 is 1. The highest BCUT2D eigenvalue weighted by Gasteiger charge is 2.41. The Labute approximate surface area is 99.9 Å². The van der Waals surface area contributed by atoms with Crippen molar-refractivity contribution in [3.05, 3.63) is 28.8 Å². The number of aliphatic hydroxyl groups is 1. The predicted octanol–water partition coefficient (Wildman–Crippen LogP) is 2.00. The molecule has 0 radical (unpaired) electrons. The Morgan fingerprint density at radius 1 is 1.50 bits per heavy atom. The van der Waals surface area contributed by atoms with Crippen molar-refractivity contribution in [1.29, 1.82) is 0 Å². The fourth-order valence-corrected chi connectivity index (χ4v) is 2.26. The molecule has 1 N–H and O–H groups in total. The van der Waals surface area contributed by atoms with Crippen LogP contribution in [0.5, 0.6) is 5.75 Å². The van der Waals surface area contributed by atoms with Gasteiger partial charge in [0.1, 0.15) is 5.75 Å². The Bertz CT molecular complexity index is 375. The molecule has 0 spiro atoms. The summed E-state index contributed by atoms with van der Waals surface area (Å²) in [7, 11) is 1.64. The lowest BCUT2D eigenvalue weighted by molar-refractivity contribution is -0.0709. The van der Waals surface area contributed by atoms with Crippen LogP contribution in [-0.4, -0.2) is 32.0 Å². The highest BCUT2D eigenvalue weighted by Crippen LogP contribution is 2.41. The summed E-state index contributed by atoms with van der Waals surface area (Å²) in [6.45, 7) is 1.37. The standard InChI is InChI=1S/C12H15ClO3/c1-15-11-3-2-9(13)6-10(11)12(4-5-14)7-16-8-12/h2-3,6,14H,4-5,7-8H2,1H3. The zero-order valence-corrected chi connectivity index (χ0v) is 9.96. The van der Waals surface area contributed by atoms with Gasteiger partial charge in [0.2, 0.25) is 0 Å². The second kappa shape index (κ2) is 4.62. The van der Waals surface area contributed by atoms with Crippen molar-refractivity contribution in [2.75, 3.05) is 26.9 Å². The second-order valence-electron chi connectivity index (χ2n) is 4.09. The van der Waals surface area contributed by atoms with Gasteiger partial charge in [0.25, 0.3) is 0 Å². The minimum Gasteiger partial charge on any atom is -0.496 e. The van der Waals surface area contributed by atoms with Crippen molar-refractivity contribution in [2.45, 2.75) is 11.8 Å². The summed E-state index contributed by atoms with van der Waals surface area (Å²) < 4.78 is 10.6. The summed E-state index contributed by atoms with van der Waals surface area (Å²) in [5, 5.41) is 9.81. The summed E-state index contributed by atoms with van der Waals surface area (Å²) in [6, 6.07) is 5.56. The van der Waals surface area contributed by atoms with Gasteiger partial charge in [-0.1, -0.05) is 11.6 Å². The zero-order valence-electron chi connectivity index (χ0n) is 9.20. The van der Waals surface area contributed by atoms with Crippen molar-refractivity contribution < 1.29 is 14.6 Å². The Morgan fingerprint density at radius 3 is 2.75 bits per heavy atom. The van der Waals surface area contributed by atoms with E-state index in [-0.39, 0.29) is 12.0 Å². The lowest BCUT2D eigenvalue weighted by Crippen LogP contribution is -2.47. The fourth-order valence-electron chi connectivity index (χ4n) is 2.09. The largest absolute Gasteiger partial charge is 0.496 e. The second-order valence-corrected chi connectivity index (χ2v) is 4.53. The first-order valence-electron chi connectivity index (χ1n) is 5.24. The van der Waals surface area contributed by atoms with Crippen LogP contribution >= 0.6 is 11.6 Å². The maximum atomic E-state index is 9.13. The Morgan fingerprint density at radius 2 is 2.25 bits per heavy atom. The van der Waals surface area contributed by atoms with E-state index < -0.39 is 0 Å². The third kappa shape index (κ3) is 1.90. The summed E-state index contributed by atoms with van der Waals surface area (Å²) >= 11 is 6.00. The van der Waals surface area contributed by atoms with Gasteiger partial charge in [-0.05, 0) is 24.6 Å². The normalized spacial score (nSPS) is 17.9. The molecule has 0 aromatic heterocycles. The summed E-state index contributed by atoms with van der Waals surface area (Å²) in [4.78, 5) is 0. The van der Waals surface area contributed by atoms with E-state index in [0.717, 1.165) is 11.3 Å². The number of aliphatic hydroxyl groups excluding tert-OH is 1. The Balaban J connectivity index is 2.40. The van der Waals surface area contributed by atoms with Crippen molar-refractivity contribution in [3.8, 4) is 5.75 Å². The first-order chi connectivity index (χ1) is 7.72. The van der Waals surface area contributed by atoms with Crippen LogP contribution in [0.3, 0.4) is 0 Å². The van der Waals surface area contributed by atoms with Crippen LogP contribution in [0.1, 0.15) is 12.0 Å². The number of halogens is 1. The predicted molar refractivity (Wildman–Crippen MR) is 62.2 cm³/mol. The van der Waals surface area contributed by atoms with Gasteiger partial charge in [-0.2, -0.15) is 0 Å². The van der Waals surface area contributed by atoms with Crippen LogP contribution in [-0.2, 0) is 10.2 Å². The molecule has 0 aliphatic carbocycles. The molecule has 1 aromatic rings. The van der Waals surface area contributed by atoms with Gasteiger partial charge in [0.15, 0.2) is 0 Å². The molecule has 88 valence electrons. The van der Waals surface area contributed by atoms with Crippen molar-refractivity contribution >= 4 is 11.6 Å². The van der Waals surface area contributed by atoms with E-state index in [1.807, 2.05) is 12.1 Å². The Kier molecular flexibility index (Phi) is 3.38. The van der Waals surface area contributed by atoms with Crippen LogP contribution in [0.25, 0.3) is 0 Å². The smallest absolute Gasteiger partial charge is 0.122 e. The van der Waals surface area contributed by atoms with E-state index in [4.69, 9.17) is 26.2 Å². The molecule has 0 unspecified atom stereocenters. The molecule has 0 atom stereocenters. The van der Waals surface area contributed by atoms with Gasteiger partial charge >= 0.3 is 0 Å². The van der Waals surface area contributed by atoms with E-state index in [0.29, 0.717) is 24.7 Å². The number of rotatable bonds is 4. The number of hydrogen-bond donors (Lipinski definition) is 1. The molecule has 1 saturated heterocycles. The van der Waals surface area contributed by atoms with Crippen molar-refractivity contribution in [1.82, 2.24) is 0 Å². The number of hydrogen-bond acceptors (Lipinski definition) is 3. The minimum atomic E-state index is -0.134. The van der Waals surface area contributed by atoms with Gasteiger partial charge < -0.3 is 14.6 Å². The number of benzene rings is 1. The summed E-state index contributed by atoms with van der Waals surface area (Å²) in [5.74, 6) is 0.807. The molecule has 3 nitrogen and oxygen atoms in total. The van der Waals surface area contributed by atoms with Crippen LogP contribution in [0.4, 0.5) is 0 Å². The molecular formula is C12H15ClO3. The molecule has 1 heterocycles. The topological polar surface area (TPSA) is 38.7 Å². The van der Waals surface area contributed by atoms with E-state index in [1.165, 1.54) is 0 Å². The van der Waals surface area contributed by atoms with Gasteiger partial charge in [-0.3, -0.25) is 0 Å². The van der Waals surface area contributed by atoms with Crippen molar-refractivity contribution in [3.63, 3.8) is 0 Å². The highest BCUT2D eigenvalue weighted by molar-refractivity contribution is 6.30. The van der Waals surface area contributed by atoms with E-state index in [2.05, 4.69) is 0 Å². The van der Waals surface area contributed by atoms with Gasteiger partial charge in [0.05, 0.1) is 20.3 Å². The third-order valence-electron chi connectivity index (χ3n) is 3.08. The summed E-state index contributed by atoms with van der Waals surface area (Å²) in [6.07, 6.45) is 0.670. The molecule has 0 bridgehead atoms. The quantitative estimate of drug-likeness (QED) is 0.878. The minimum absolute atomic E-state index is 0.134. The molecule has 0 saturated carbocycles. The van der Waals surface area contributed by atoms with Crippen LogP contribution in [0.15, 0.2) is 18.2 Å². The SMILES string of the molecule is COc1ccc(Cl)cc1C1(CCO)COC1. The molecular weight excluding hydrogens is 228 g/mol. The molecule has 1 aliphatic rings. The van der Waals surface area contributed by atoms with Crippen LogP contribution in [0.2, 0.25) is 5.02 Å². The molecule has 16 heavy (non-hydrogen) atoms. The monoisotopic (exact) mass is 242 g/mol. The van der Waals surface area contributed by atoms with Crippen LogP contribution in [0, 0.1) is 0 Å². The lowest BCUT2D eigenvalue weighted by atomic mass is 9.75.